The third kappa shape index (κ3) is 4.46. The molecule has 3 atom stereocenters. The van der Waals surface area contributed by atoms with Gasteiger partial charge >= 0.3 is 0 Å². The number of anilines is 3. The van der Waals surface area contributed by atoms with Crippen LogP contribution in [0.5, 0.6) is 0 Å². The van der Waals surface area contributed by atoms with Gasteiger partial charge in [-0.2, -0.15) is 10.1 Å². The molecule has 0 radical (unpaired) electrons. The minimum absolute atomic E-state index is 0.0977. The number of Topliss-reactive ketones (excluding diaryl/α,β-unsaturated/α-hetero) is 1. The van der Waals surface area contributed by atoms with Gasteiger partial charge < -0.3 is 15.5 Å². The third-order valence-corrected chi connectivity index (χ3v) is 6.86. The van der Waals surface area contributed by atoms with Crippen molar-refractivity contribution in [2.75, 3.05) is 44.4 Å². The standard InChI is InChI=1S/C21H29N9OS/c1-12-6-18(28-27-12)24-19-16-4-5-32-20(16)26-21(25-19)23-14-8-15-7-13(10-30(15)22-9-14)17(31)11-29(2)3/h4-6,13-15,22H,7-11H2,1-3H3,(H3,23,24,25,26,27,28). The summed E-state index contributed by atoms with van der Waals surface area (Å²) in [6.07, 6.45) is 1.85. The molecule has 3 unspecified atom stereocenters. The number of rotatable bonds is 7. The average molecular weight is 456 g/mol. The van der Waals surface area contributed by atoms with E-state index in [9.17, 15) is 4.79 Å². The highest BCUT2D eigenvalue weighted by molar-refractivity contribution is 7.16. The zero-order valence-corrected chi connectivity index (χ0v) is 19.4. The number of thiophene rings is 1. The maximum absolute atomic E-state index is 12.5. The number of nitrogens with zero attached hydrogens (tertiary/aromatic N) is 5. The second-order valence-electron chi connectivity index (χ2n) is 8.98. The van der Waals surface area contributed by atoms with Crippen molar-refractivity contribution in [2.45, 2.75) is 31.8 Å². The van der Waals surface area contributed by atoms with E-state index in [0.29, 0.717) is 24.3 Å². The number of aromatic amines is 1. The lowest BCUT2D eigenvalue weighted by Gasteiger charge is -2.35. The maximum Gasteiger partial charge on any atom is 0.226 e. The Bertz CT molecular complexity index is 1110. The molecule has 170 valence electrons. The number of carbonyl (C=O) groups is 1. The van der Waals surface area contributed by atoms with E-state index in [0.717, 1.165) is 53.5 Å². The van der Waals surface area contributed by atoms with Gasteiger partial charge in [0.05, 0.1) is 11.9 Å². The third-order valence-electron chi connectivity index (χ3n) is 6.05. The van der Waals surface area contributed by atoms with Crippen molar-refractivity contribution < 1.29 is 4.79 Å². The molecule has 4 N–H and O–H groups in total. The fraction of sp³-hybridized carbons (Fsp3) is 0.524. The first-order valence-corrected chi connectivity index (χ1v) is 11.8. The van der Waals surface area contributed by atoms with Crippen molar-refractivity contribution in [1.82, 2.24) is 35.5 Å². The first-order chi connectivity index (χ1) is 15.4. The predicted octanol–water partition coefficient (Wildman–Crippen LogP) is 1.98. The molecule has 3 aromatic rings. The van der Waals surface area contributed by atoms with Crippen LogP contribution in [-0.4, -0.2) is 81.7 Å². The van der Waals surface area contributed by atoms with E-state index in [2.05, 4.69) is 31.3 Å². The molecule has 0 aromatic carbocycles. The van der Waals surface area contributed by atoms with Crippen molar-refractivity contribution in [3.8, 4) is 0 Å². The average Bonchev–Trinajstić information content (AvgIpc) is 3.46. The summed E-state index contributed by atoms with van der Waals surface area (Å²) >= 11 is 1.59. The number of H-pyrrole nitrogens is 1. The summed E-state index contributed by atoms with van der Waals surface area (Å²) in [6, 6.07) is 4.50. The Morgan fingerprint density at radius 1 is 1.34 bits per heavy atom. The van der Waals surface area contributed by atoms with Crippen LogP contribution in [0.15, 0.2) is 17.5 Å². The number of hydrogen-bond acceptors (Lipinski definition) is 10. The Hall–Kier alpha value is -2.60. The largest absolute Gasteiger partial charge is 0.350 e. The highest BCUT2D eigenvalue weighted by Gasteiger charge is 2.39. The highest BCUT2D eigenvalue weighted by atomic mass is 32.1. The second-order valence-corrected chi connectivity index (χ2v) is 9.87. The second kappa shape index (κ2) is 8.74. The van der Waals surface area contributed by atoms with Crippen LogP contribution in [0.25, 0.3) is 10.2 Å². The Morgan fingerprint density at radius 3 is 3.00 bits per heavy atom. The first-order valence-electron chi connectivity index (χ1n) is 10.9. The van der Waals surface area contributed by atoms with Crippen molar-refractivity contribution in [1.29, 1.82) is 0 Å². The van der Waals surface area contributed by atoms with Crippen LogP contribution in [0.2, 0.25) is 0 Å². The van der Waals surface area contributed by atoms with Crippen LogP contribution in [0.3, 0.4) is 0 Å². The molecule has 0 saturated carbocycles. The number of aromatic nitrogens is 4. The molecular weight excluding hydrogens is 426 g/mol. The Labute approximate surface area is 190 Å². The molecule has 0 bridgehead atoms. The van der Waals surface area contributed by atoms with E-state index in [1.165, 1.54) is 0 Å². The number of fused-ring (bicyclic) bond motifs is 2. The van der Waals surface area contributed by atoms with E-state index < -0.39 is 0 Å². The van der Waals surface area contributed by atoms with E-state index >= 15 is 0 Å². The molecule has 10 nitrogen and oxygen atoms in total. The molecule has 2 saturated heterocycles. The Balaban J connectivity index is 1.28. The molecular formula is C21H29N9OS. The van der Waals surface area contributed by atoms with E-state index in [1.807, 2.05) is 43.4 Å². The lowest BCUT2D eigenvalue weighted by atomic mass is 9.96. The highest BCUT2D eigenvalue weighted by Crippen LogP contribution is 2.31. The van der Waals surface area contributed by atoms with Crippen LogP contribution in [0, 0.1) is 12.8 Å². The van der Waals surface area contributed by atoms with Crippen LogP contribution in [0.1, 0.15) is 18.5 Å². The van der Waals surface area contributed by atoms with Crippen molar-refractivity contribution in [2.24, 2.45) is 5.92 Å². The molecule has 0 spiro atoms. The fourth-order valence-corrected chi connectivity index (χ4v) is 5.32. The zero-order chi connectivity index (χ0) is 22.2. The van der Waals surface area contributed by atoms with E-state index in [1.54, 1.807) is 11.3 Å². The number of hydrazine groups is 1. The van der Waals surface area contributed by atoms with Crippen molar-refractivity contribution in [3.05, 3.63) is 23.2 Å². The van der Waals surface area contributed by atoms with Gasteiger partial charge in [-0.1, -0.05) is 0 Å². The quantitative estimate of drug-likeness (QED) is 0.424. The molecule has 2 fully saturated rings. The normalized spacial score (nSPS) is 23.6. The topological polar surface area (TPSA) is 114 Å². The van der Waals surface area contributed by atoms with E-state index in [4.69, 9.17) is 9.97 Å². The lowest BCUT2D eigenvalue weighted by Crippen LogP contribution is -2.54. The van der Waals surface area contributed by atoms with Gasteiger partial charge in [0.2, 0.25) is 5.95 Å². The summed E-state index contributed by atoms with van der Waals surface area (Å²) in [5.41, 5.74) is 4.49. The van der Waals surface area contributed by atoms with Gasteiger partial charge in [-0.15, -0.1) is 11.3 Å². The van der Waals surface area contributed by atoms with Gasteiger partial charge in [-0.05, 0) is 45.3 Å². The number of carbonyl (C=O) groups excluding carboxylic acids is 1. The number of hydrogen-bond donors (Lipinski definition) is 4. The molecule has 2 aliphatic rings. The number of aryl methyl sites for hydroxylation is 1. The summed E-state index contributed by atoms with van der Waals surface area (Å²) in [4.78, 5) is 24.9. The van der Waals surface area contributed by atoms with Crippen molar-refractivity contribution >= 4 is 44.9 Å². The Morgan fingerprint density at radius 2 is 2.22 bits per heavy atom. The summed E-state index contributed by atoms with van der Waals surface area (Å²) in [7, 11) is 3.89. The smallest absolute Gasteiger partial charge is 0.226 e. The molecule has 5 rings (SSSR count). The van der Waals surface area contributed by atoms with Crippen LogP contribution < -0.4 is 16.1 Å². The van der Waals surface area contributed by atoms with Crippen molar-refractivity contribution in [3.63, 3.8) is 0 Å². The molecule has 0 amide bonds. The van der Waals surface area contributed by atoms with Gasteiger partial charge in [-0.3, -0.25) is 15.3 Å². The van der Waals surface area contributed by atoms with Gasteiger partial charge in [0.1, 0.15) is 10.6 Å². The van der Waals surface area contributed by atoms with Crippen LogP contribution >= 0.6 is 11.3 Å². The summed E-state index contributed by atoms with van der Waals surface area (Å²) in [5, 5.41) is 19.3. The maximum atomic E-state index is 12.5. The molecule has 2 aliphatic heterocycles. The van der Waals surface area contributed by atoms with E-state index in [-0.39, 0.29) is 12.0 Å². The minimum Gasteiger partial charge on any atom is -0.350 e. The predicted molar refractivity (Wildman–Crippen MR) is 126 cm³/mol. The van der Waals surface area contributed by atoms with Gasteiger partial charge in [0.15, 0.2) is 11.6 Å². The van der Waals surface area contributed by atoms with Gasteiger partial charge in [-0.25, -0.2) is 9.99 Å². The van der Waals surface area contributed by atoms with Crippen LogP contribution in [-0.2, 0) is 4.79 Å². The summed E-state index contributed by atoms with van der Waals surface area (Å²) in [6.45, 7) is 4.04. The lowest BCUT2D eigenvalue weighted by molar-refractivity contribution is -0.123. The molecule has 11 heteroatoms. The molecule has 5 heterocycles. The summed E-state index contributed by atoms with van der Waals surface area (Å²) in [5.74, 6) is 2.50. The van der Waals surface area contributed by atoms with Gasteiger partial charge in [0, 0.05) is 42.9 Å². The minimum atomic E-state index is 0.0977. The van der Waals surface area contributed by atoms with Gasteiger partial charge in [0.25, 0.3) is 0 Å². The fourth-order valence-electron chi connectivity index (χ4n) is 4.56. The SMILES string of the molecule is Cc1cc(Nc2nc(NC3CNN4CC(C(=O)CN(C)C)CC4C3)nc3sccc23)n[nH]1. The number of likely N-dealkylation sites (N-methyl/N-ethyl adjacent to an activating group) is 1. The molecule has 32 heavy (non-hydrogen) atoms. The number of ketones is 1. The zero-order valence-electron chi connectivity index (χ0n) is 18.6. The number of nitrogens with one attached hydrogen (secondary N) is 4. The molecule has 0 aliphatic carbocycles. The monoisotopic (exact) mass is 455 g/mol. The molecule has 3 aromatic heterocycles. The first kappa shape index (κ1) is 21.3. The van der Waals surface area contributed by atoms with Crippen LogP contribution in [0.4, 0.5) is 17.6 Å². The summed E-state index contributed by atoms with van der Waals surface area (Å²) < 4.78 is 0. The Kier molecular flexibility index (Phi) is 5.80.